The Hall–Kier alpha value is -4.05. The summed E-state index contributed by atoms with van der Waals surface area (Å²) in [5.74, 6) is -0.0182. The average Bonchev–Trinajstić information content (AvgIpc) is 3.20. The molecule has 0 spiro atoms. The number of hydrogen-bond donors (Lipinski definition) is 2. The van der Waals surface area contributed by atoms with E-state index in [0.29, 0.717) is 5.56 Å². The fraction of sp³-hybridized carbons (Fsp3) is 0.342. The molecule has 0 heterocycles. The number of rotatable bonds is 3. The summed E-state index contributed by atoms with van der Waals surface area (Å²) >= 11 is 0. The summed E-state index contributed by atoms with van der Waals surface area (Å²) in [7, 11) is 3.60. The zero-order valence-corrected chi connectivity index (χ0v) is 26.9. The van der Waals surface area contributed by atoms with Gasteiger partial charge in [0.1, 0.15) is 0 Å². The molecule has 4 nitrogen and oxygen atoms in total. The van der Waals surface area contributed by atoms with Gasteiger partial charge in [-0.05, 0) is 92.4 Å². The predicted octanol–water partition coefficient (Wildman–Crippen LogP) is 8.13. The third kappa shape index (κ3) is 4.40. The lowest BCUT2D eigenvalue weighted by Gasteiger charge is -2.37. The van der Waals surface area contributed by atoms with Crippen molar-refractivity contribution >= 4 is 17.3 Å². The van der Waals surface area contributed by atoms with E-state index < -0.39 is 5.41 Å². The molecule has 5 rings (SSSR count). The van der Waals surface area contributed by atoms with Crippen molar-refractivity contribution in [3.63, 3.8) is 0 Å². The van der Waals surface area contributed by atoms with E-state index in [-0.39, 0.29) is 16.7 Å². The second-order valence-electron chi connectivity index (χ2n) is 14.3. The summed E-state index contributed by atoms with van der Waals surface area (Å²) in [5, 5.41) is 0. The quantitative estimate of drug-likeness (QED) is 0.219. The van der Waals surface area contributed by atoms with Crippen LogP contribution >= 0.6 is 0 Å². The number of fused-ring (bicyclic) bond motifs is 3. The number of nitrogen functional groups attached to an aromatic ring is 2. The Kier molecular flexibility index (Phi) is 6.84. The highest BCUT2D eigenvalue weighted by Gasteiger charge is 2.47. The summed E-state index contributed by atoms with van der Waals surface area (Å²) in [6, 6.07) is 24.0. The van der Waals surface area contributed by atoms with E-state index >= 15 is 0 Å². The first-order valence-electron chi connectivity index (χ1n) is 14.8. The Morgan fingerprint density at radius 1 is 0.667 bits per heavy atom. The second-order valence-corrected chi connectivity index (χ2v) is 14.3. The van der Waals surface area contributed by atoms with Crippen molar-refractivity contribution in [2.45, 2.75) is 71.6 Å². The maximum atomic E-state index is 13.4. The van der Waals surface area contributed by atoms with Crippen molar-refractivity contribution in [1.82, 2.24) is 4.90 Å². The Morgan fingerprint density at radius 2 is 1.14 bits per heavy atom. The Balaban J connectivity index is 2.03. The van der Waals surface area contributed by atoms with Gasteiger partial charge in [-0.1, -0.05) is 96.1 Å². The van der Waals surface area contributed by atoms with E-state index in [9.17, 15) is 4.79 Å². The molecule has 1 amide bonds. The van der Waals surface area contributed by atoms with Gasteiger partial charge in [-0.25, -0.2) is 0 Å². The highest BCUT2D eigenvalue weighted by atomic mass is 16.2. The minimum atomic E-state index is -0.689. The SMILES string of the molecule is Cc1cc(C2(c3cc(C)c(N)c(C(C)(C)C)c3)c3ccccc3-c3ccc(C(=O)N(C)C)cc32)cc(C(C)(C)C)c1N. The molecule has 42 heavy (non-hydrogen) atoms. The van der Waals surface area contributed by atoms with E-state index in [1.165, 1.54) is 11.1 Å². The fourth-order valence-electron chi connectivity index (χ4n) is 6.73. The van der Waals surface area contributed by atoms with E-state index in [1.54, 1.807) is 19.0 Å². The van der Waals surface area contributed by atoms with Crippen LogP contribution in [0, 0.1) is 13.8 Å². The van der Waals surface area contributed by atoms with Gasteiger partial charge in [-0.2, -0.15) is 0 Å². The van der Waals surface area contributed by atoms with Crippen molar-refractivity contribution in [3.05, 3.63) is 117 Å². The van der Waals surface area contributed by atoms with Gasteiger partial charge in [-0.3, -0.25) is 4.79 Å². The van der Waals surface area contributed by atoms with Gasteiger partial charge in [-0.15, -0.1) is 0 Å². The molecule has 1 aliphatic carbocycles. The fourth-order valence-corrected chi connectivity index (χ4v) is 6.73. The molecule has 0 radical (unpaired) electrons. The maximum Gasteiger partial charge on any atom is 0.253 e. The van der Waals surface area contributed by atoms with E-state index in [1.807, 2.05) is 6.07 Å². The largest absolute Gasteiger partial charge is 0.398 e. The van der Waals surface area contributed by atoms with Crippen LogP contribution in [0.25, 0.3) is 11.1 Å². The minimum absolute atomic E-state index is 0.0182. The summed E-state index contributed by atoms with van der Waals surface area (Å²) < 4.78 is 0. The topological polar surface area (TPSA) is 72.4 Å². The molecule has 4 N–H and O–H groups in total. The second kappa shape index (κ2) is 9.76. The number of hydrogen-bond acceptors (Lipinski definition) is 3. The van der Waals surface area contributed by atoms with Crippen LogP contribution in [0.2, 0.25) is 0 Å². The number of aryl methyl sites for hydroxylation is 2. The summed E-state index contributed by atoms with van der Waals surface area (Å²) in [4.78, 5) is 15.0. The van der Waals surface area contributed by atoms with E-state index in [0.717, 1.165) is 55.9 Å². The highest BCUT2D eigenvalue weighted by molar-refractivity contribution is 5.97. The molecule has 0 fully saturated rings. The molecule has 4 aromatic carbocycles. The van der Waals surface area contributed by atoms with Crippen LogP contribution in [0.4, 0.5) is 11.4 Å². The number of carbonyl (C=O) groups is 1. The first kappa shape index (κ1) is 29.4. The van der Waals surface area contributed by atoms with Crippen molar-refractivity contribution in [2.75, 3.05) is 25.6 Å². The lowest BCUT2D eigenvalue weighted by Crippen LogP contribution is -2.31. The van der Waals surface area contributed by atoms with Gasteiger partial charge in [0, 0.05) is 31.0 Å². The Labute approximate surface area is 251 Å². The Bertz CT molecular complexity index is 1660. The molecule has 0 saturated heterocycles. The standard InChI is InChI=1S/C38H45N3O/c1-22-17-25(20-31(33(22)39)36(3,4)5)38(26-18-23(2)34(40)32(21-26)37(6,7)8)29-14-12-11-13-27(29)28-16-15-24(19-30(28)38)35(42)41(9)10/h11-21H,39-40H2,1-10H3. The molecule has 0 unspecified atom stereocenters. The first-order chi connectivity index (χ1) is 19.5. The summed E-state index contributed by atoms with van der Waals surface area (Å²) in [6.45, 7) is 17.5. The zero-order chi connectivity index (χ0) is 30.9. The van der Waals surface area contributed by atoms with Crippen LogP contribution in [-0.2, 0) is 16.2 Å². The lowest BCUT2D eigenvalue weighted by atomic mass is 9.65. The summed E-state index contributed by atoms with van der Waals surface area (Å²) in [5.41, 5.74) is 26.1. The molecule has 0 aromatic heterocycles. The van der Waals surface area contributed by atoms with Crippen molar-refractivity contribution in [3.8, 4) is 11.1 Å². The predicted molar refractivity (Wildman–Crippen MR) is 177 cm³/mol. The molecule has 4 aromatic rings. The van der Waals surface area contributed by atoms with E-state index in [2.05, 4.69) is 116 Å². The van der Waals surface area contributed by atoms with Crippen LogP contribution in [0.3, 0.4) is 0 Å². The number of amides is 1. The molecular formula is C38H45N3O. The molecule has 0 bridgehead atoms. The van der Waals surface area contributed by atoms with Gasteiger partial charge in [0.2, 0.25) is 0 Å². The monoisotopic (exact) mass is 559 g/mol. The number of anilines is 2. The summed E-state index contributed by atoms with van der Waals surface area (Å²) in [6.07, 6.45) is 0. The van der Waals surface area contributed by atoms with Crippen LogP contribution in [0.5, 0.6) is 0 Å². The van der Waals surface area contributed by atoms with Gasteiger partial charge < -0.3 is 16.4 Å². The van der Waals surface area contributed by atoms with Crippen molar-refractivity contribution in [2.24, 2.45) is 0 Å². The smallest absolute Gasteiger partial charge is 0.253 e. The van der Waals surface area contributed by atoms with Gasteiger partial charge in [0.15, 0.2) is 0 Å². The highest BCUT2D eigenvalue weighted by Crippen LogP contribution is 2.58. The molecular weight excluding hydrogens is 514 g/mol. The van der Waals surface area contributed by atoms with Crippen LogP contribution in [0.15, 0.2) is 66.7 Å². The molecule has 4 heteroatoms. The molecule has 0 aliphatic heterocycles. The molecule has 0 atom stereocenters. The lowest BCUT2D eigenvalue weighted by molar-refractivity contribution is 0.0827. The molecule has 1 aliphatic rings. The minimum Gasteiger partial charge on any atom is -0.398 e. The number of carbonyl (C=O) groups excluding carboxylic acids is 1. The third-order valence-electron chi connectivity index (χ3n) is 8.95. The first-order valence-corrected chi connectivity index (χ1v) is 14.8. The van der Waals surface area contributed by atoms with Crippen LogP contribution in [0.1, 0.15) is 96.4 Å². The molecule has 218 valence electrons. The van der Waals surface area contributed by atoms with Crippen LogP contribution < -0.4 is 11.5 Å². The Morgan fingerprint density at radius 3 is 1.62 bits per heavy atom. The van der Waals surface area contributed by atoms with Crippen molar-refractivity contribution < 1.29 is 4.79 Å². The maximum absolute atomic E-state index is 13.4. The average molecular weight is 560 g/mol. The number of nitrogens with zero attached hydrogens (tertiary/aromatic N) is 1. The number of benzene rings is 4. The normalized spacial score (nSPS) is 14.0. The van der Waals surface area contributed by atoms with Crippen molar-refractivity contribution in [1.29, 1.82) is 0 Å². The molecule has 0 saturated carbocycles. The van der Waals surface area contributed by atoms with Gasteiger partial charge in [0.25, 0.3) is 5.91 Å². The van der Waals surface area contributed by atoms with Gasteiger partial charge in [0.05, 0.1) is 5.41 Å². The zero-order valence-electron chi connectivity index (χ0n) is 26.9. The van der Waals surface area contributed by atoms with E-state index in [4.69, 9.17) is 11.5 Å². The van der Waals surface area contributed by atoms with Crippen LogP contribution in [-0.4, -0.2) is 24.9 Å². The number of nitrogens with two attached hydrogens (primary N) is 2. The van der Waals surface area contributed by atoms with Gasteiger partial charge >= 0.3 is 0 Å². The third-order valence-corrected chi connectivity index (χ3v) is 8.95.